The van der Waals surface area contributed by atoms with Gasteiger partial charge in [0.05, 0.1) is 32.6 Å². The van der Waals surface area contributed by atoms with Crippen LogP contribution in [0.25, 0.3) is 5.70 Å². The van der Waals surface area contributed by atoms with E-state index in [-0.39, 0.29) is 5.97 Å². The van der Waals surface area contributed by atoms with Gasteiger partial charge in [0.25, 0.3) is 0 Å². The van der Waals surface area contributed by atoms with Crippen LogP contribution >= 0.6 is 0 Å². The third-order valence-electron chi connectivity index (χ3n) is 4.13. The molecule has 0 bridgehead atoms. The molecule has 1 aliphatic carbocycles. The topological polar surface area (TPSA) is 60.0 Å². The summed E-state index contributed by atoms with van der Waals surface area (Å²) < 4.78 is 15.5. The predicted molar refractivity (Wildman–Crippen MR) is 90.2 cm³/mol. The number of benzene rings is 1. The van der Waals surface area contributed by atoms with Crippen LogP contribution in [0.4, 0.5) is 0 Å². The maximum Gasteiger partial charge on any atom is 0.339 e. The van der Waals surface area contributed by atoms with Crippen LogP contribution in [-0.4, -0.2) is 38.9 Å². The van der Waals surface area contributed by atoms with Crippen molar-refractivity contribution in [3.05, 3.63) is 41.6 Å². The van der Waals surface area contributed by atoms with Gasteiger partial charge in [0.1, 0.15) is 0 Å². The number of carbonyl (C=O) groups is 1. The van der Waals surface area contributed by atoms with Crippen LogP contribution in [0.3, 0.4) is 0 Å². The highest BCUT2D eigenvalue weighted by Crippen LogP contribution is 2.33. The van der Waals surface area contributed by atoms with Crippen molar-refractivity contribution in [2.45, 2.75) is 12.8 Å². The standard InChI is InChI=1S/C18H22N2O4/c1-22-16-7-6-13(9-17(16)23-2)15-8-14(18(21)24-3)11-20(19-15)10-12-4-5-12/h6-9,11-12,19H,4-5,10H2,1-3H3. The largest absolute Gasteiger partial charge is 0.493 e. The minimum Gasteiger partial charge on any atom is -0.493 e. The number of hydrazine groups is 1. The van der Waals surface area contributed by atoms with Crippen molar-refractivity contribution in [3.63, 3.8) is 0 Å². The third-order valence-corrected chi connectivity index (χ3v) is 4.13. The van der Waals surface area contributed by atoms with E-state index in [0.717, 1.165) is 17.8 Å². The van der Waals surface area contributed by atoms with Gasteiger partial charge in [0, 0.05) is 18.3 Å². The zero-order valence-electron chi connectivity index (χ0n) is 14.2. The Labute approximate surface area is 141 Å². The first kappa shape index (κ1) is 16.2. The van der Waals surface area contributed by atoms with E-state index in [1.165, 1.54) is 20.0 Å². The van der Waals surface area contributed by atoms with Gasteiger partial charge >= 0.3 is 5.97 Å². The molecule has 6 heteroatoms. The Morgan fingerprint density at radius 2 is 1.96 bits per heavy atom. The summed E-state index contributed by atoms with van der Waals surface area (Å²) in [4.78, 5) is 12.0. The Morgan fingerprint density at radius 3 is 2.58 bits per heavy atom. The van der Waals surface area contributed by atoms with Crippen molar-refractivity contribution < 1.29 is 19.0 Å². The van der Waals surface area contributed by atoms with Crippen molar-refractivity contribution in [1.82, 2.24) is 10.4 Å². The number of hydrogen-bond donors (Lipinski definition) is 1. The Balaban J connectivity index is 1.91. The molecule has 1 aliphatic heterocycles. The normalized spacial score (nSPS) is 16.7. The van der Waals surface area contributed by atoms with Crippen LogP contribution in [-0.2, 0) is 9.53 Å². The summed E-state index contributed by atoms with van der Waals surface area (Å²) in [6, 6.07) is 5.65. The van der Waals surface area contributed by atoms with Gasteiger partial charge in [-0.1, -0.05) is 0 Å². The minimum atomic E-state index is -0.352. The molecule has 1 aromatic rings. The lowest BCUT2D eigenvalue weighted by Gasteiger charge is -2.29. The first-order chi connectivity index (χ1) is 11.6. The van der Waals surface area contributed by atoms with E-state index in [4.69, 9.17) is 14.2 Å². The van der Waals surface area contributed by atoms with E-state index in [1.807, 2.05) is 23.2 Å². The number of hydrogen-bond acceptors (Lipinski definition) is 6. The van der Waals surface area contributed by atoms with E-state index in [2.05, 4.69) is 5.43 Å². The van der Waals surface area contributed by atoms with Crippen LogP contribution < -0.4 is 14.9 Å². The van der Waals surface area contributed by atoms with Gasteiger partial charge in [0.2, 0.25) is 0 Å². The lowest BCUT2D eigenvalue weighted by Crippen LogP contribution is -2.37. The van der Waals surface area contributed by atoms with E-state index >= 15 is 0 Å². The Hall–Kier alpha value is -2.63. The third kappa shape index (κ3) is 3.48. The quantitative estimate of drug-likeness (QED) is 0.808. The molecule has 128 valence electrons. The fraction of sp³-hybridized carbons (Fsp3) is 0.389. The maximum absolute atomic E-state index is 12.0. The fourth-order valence-electron chi connectivity index (χ4n) is 2.64. The average molecular weight is 330 g/mol. The molecule has 3 rings (SSSR count). The molecule has 2 aliphatic rings. The molecule has 1 saturated carbocycles. The summed E-state index contributed by atoms with van der Waals surface area (Å²) in [5.41, 5.74) is 5.59. The first-order valence-corrected chi connectivity index (χ1v) is 7.92. The molecule has 1 heterocycles. The maximum atomic E-state index is 12.0. The molecule has 0 aromatic heterocycles. The predicted octanol–water partition coefficient (Wildman–Crippen LogP) is 2.33. The van der Waals surface area contributed by atoms with Gasteiger partial charge in [0.15, 0.2) is 11.5 Å². The van der Waals surface area contributed by atoms with Crippen molar-refractivity contribution in [1.29, 1.82) is 0 Å². The second-order valence-corrected chi connectivity index (χ2v) is 5.91. The summed E-state index contributed by atoms with van der Waals surface area (Å²) in [6.45, 7) is 0.866. The summed E-state index contributed by atoms with van der Waals surface area (Å²) in [6.07, 6.45) is 6.05. The van der Waals surface area contributed by atoms with E-state index < -0.39 is 0 Å². The highest BCUT2D eigenvalue weighted by Gasteiger charge is 2.26. The number of nitrogens with zero attached hydrogens (tertiary/aromatic N) is 1. The van der Waals surface area contributed by atoms with Gasteiger partial charge in [-0.05, 0) is 43.0 Å². The smallest absolute Gasteiger partial charge is 0.339 e. The van der Waals surface area contributed by atoms with Gasteiger partial charge < -0.3 is 14.2 Å². The molecule has 1 aromatic carbocycles. The molecule has 0 saturated heterocycles. The number of carbonyl (C=O) groups excluding carboxylic acids is 1. The zero-order valence-corrected chi connectivity index (χ0v) is 14.2. The molecule has 1 N–H and O–H groups in total. The van der Waals surface area contributed by atoms with Gasteiger partial charge in [-0.2, -0.15) is 0 Å². The summed E-state index contributed by atoms with van der Waals surface area (Å²) in [5, 5.41) is 1.95. The van der Waals surface area contributed by atoms with Crippen LogP contribution in [0.2, 0.25) is 0 Å². The number of esters is 1. The molecule has 6 nitrogen and oxygen atoms in total. The van der Waals surface area contributed by atoms with E-state index in [9.17, 15) is 4.79 Å². The lowest BCUT2D eigenvalue weighted by atomic mass is 10.1. The highest BCUT2D eigenvalue weighted by molar-refractivity contribution is 5.94. The SMILES string of the molecule is COC(=O)C1=CN(CC2CC2)NC(c2ccc(OC)c(OC)c2)=C1. The number of nitrogens with one attached hydrogen (secondary N) is 1. The molecular formula is C18H22N2O4. The van der Waals surface area contributed by atoms with Crippen molar-refractivity contribution >= 4 is 11.7 Å². The summed E-state index contributed by atoms with van der Waals surface area (Å²) in [7, 11) is 4.59. The fourth-order valence-corrected chi connectivity index (χ4v) is 2.64. The molecule has 0 unspecified atom stereocenters. The Kier molecular flexibility index (Phi) is 4.64. The van der Waals surface area contributed by atoms with Gasteiger partial charge in [-0.25, -0.2) is 4.79 Å². The Morgan fingerprint density at radius 1 is 1.21 bits per heavy atom. The molecule has 1 fully saturated rings. The average Bonchev–Trinajstić information content (AvgIpc) is 3.43. The molecule has 0 spiro atoms. The number of rotatable bonds is 6. The molecule has 0 atom stereocenters. The number of ether oxygens (including phenoxy) is 3. The monoisotopic (exact) mass is 330 g/mol. The first-order valence-electron chi connectivity index (χ1n) is 7.92. The van der Waals surface area contributed by atoms with Crippen LogP contribution in [0, 0.1) is 5.92 Å². The van der Waals surface area contributed by atoms with Crippen LogP contribution in [0.1, 0.15) is 18.4 Å². The summed E-state index contributed by atoms with van der Waals surface area (Å²) in [5.74, 6) is 1.63. The van der Waals surface area contributed by atoms with Crippen molar-refractivity contribution in [2.75, 3.05) is 27.9 Å². The van der Waals surface area contributed by atoms with E-state index in [0.29, 0.717) is 23.0 Å². The Bertz CT molecular complexity index is 692. The molecular weight excluding hydrogens is 308 g/mol. The van der Waals surface area contributed by atoms with Crippen molar-refractivity contribution in [3.8, 4) is 11.5 Å². The van der Waals surface area contributed by atoms with Crippen LogP contribution in [0.15, 0.2) is 36.0 Å². The van der Waals surface area contributed by atoms with Gasteiger partial charge in [-0.3, -0.25) is 10.4 Å². The molecule has 0 amide bonds. The molecule has 24 heavy (non-hydrogen) atoms. The molecule has 0 radical (unpaired) electrons. The second-order valence-electron chi connectivity index (χ2n) is 5.91. The zero-order chi connectivity index (χ0) is 17.1. The highest BCUT2D eigenvalue weighted by atomic mass is 16.5. The number of methoxy groups -OCH3 is 3. The van der Waals surface area contributed by atoms with Crippen LogP contribution in [0.5, 0.6) is 11.5 Å². The lowest BCUT2D eigenvalue weighted by molar-refractivity contribution is -0.135. The minimum absolute atomic E-state index is 0.352. The van der Waals surface area contributed by atoms with Crippen molar-refractivity contribution in [2.24, 2.45) is 5.92 Å². The summed E-state index contributed by atoms with van der Waals surface area (Å²) >= 11 is 0. The van der Waals surface area contributed by atoms with Gasteiger partial charge in [-0.15, -0.1) is 0 Å². The van der Waals surface area contributed by atoms with E-state index in [1.54, 1.807) is 26.5 Å². The second kappa shape index (κ2) is 6.86.